The average Bonchev–Trinajstić information content (AvgIpc) is 4.09. The lowest BCUT2D eigenvalue weighted by Gasteiger charge is -2.53. The van der Waals surface area contributed by atoms with E-state index in [0.29, 0.717) is 64.3 Å². The van der Waals surface area contributed by atoms with Crippen molar-refractivity contribution in [2.24, 2.45) is 11.3 Å². The van der Waals surface area contributed by atoms with Gasteiger partial charge in [-0.2, -0.15) is 0 Å². The number of benzene rings is 1. The Kier molecular flexibility index (Phi) is 10.7. The number of hydrogen-bond acceptors (Lipinski definition) is 12. The van der Waals surface area contributed by atoms with Gasteiger partial charge in [0.1, 0.15) is 5.69 Å². The molecule has 8 heterocycles. The number of rotatable bonds is 11. The van der Waals surface area contributed by atoms with Crippen LogP contribution in [-0.4, -0.2) is 142 Å². The number of carbonyl (C=O) groups is 4. The molecule has 6 fully saturated rings. The number of nitrogens with zero attached hydrogens (tertiary/aromatic N) is 9. The third-order valence-electron chi connectivity index (χ3n) is 15.7. The van der Waals surface area contributed by atoms with Crippen molar-refractivity contribution in [1.29, 1.82) is 0 Å². The Morgan fingerprint density at radius 3 is 2.49 bits per heavy atom. The van der Waals surface area contributed by atoms with Gasteiger partial charge in [-0.1, -0.05) is 23.7 Å². The van der Waals surface area contributed by atoms with Crippen molar-refractivity contribution in [2.75, 3.05) is 75.1 Å². The number of halogens is 1. The summed E-state index contributed by atoms with van der Waals surface area (Å²) in [5.74, 6) is 0.801. The Labute approximate surface area is 383 Å². The molecule has 3 N–H and O–H groups in total. The molecular formula is C47H57ClN12O5. The Balaban J connectivity index is 0.684. The number of aryl methyl sites for hydroxylation is 1. The van der Waals surface area contributed by atoms with Crippen LogP contribution >= 0.6 is 11.6 Å². The minimum Gasteiger partial charge on any atom is -0.385 e. The predicted molar refractivity (Wildman–Crippen MR) is 245 cm³/mol. The molecule has 65 heavy (non-hydrogen) atoms. The zero-order chi connectivity index (χ0) is 44.7. The molecule has 5 aliphatic heterocycles. The fourth-order valence-electron chi connectivity index (χ4n) is 12.1. The first-order valence-corrected chi connectivity index (χ1v) is 23.7. The standard InChI is InChI=1S/C47H57ClN12O5/c1-27-42(48)37(59-14-10-41(61)53-46(59)64)18-35(51-27)45(63)55-15-11-47(12-16-55)20-28(21-47)23-56-25-31-17-30(56)26-57(31)24-29-5-4-6-36-32(29)9-13-58(36)40-19-34(49-2)43-50-22-38(60(43)54-40)44(62)52-33-7-8-39(33)65-3/h4-6,18-19,22,28,30-31,33,39,49H,7-17,20-21,23-26H2,1-3H3,(H,52,62)(H,53,61,64)/t30-,31-,33+,39+/m0/s1. The molecule has 342 valence electrons. The molecule has 5 amide bonds. The first kappa shape index (κ1) is 42.3. The molecule has 0 unspecified atom stereocenters. The fraction of sp³-hybridized carbons (Fsp3) is 0.553. The van der Waals surface area contributed by atoms with Gasteiger partial charge >= 0.3 is 6.03 Å². The Morgan fingerprint density at radius 2 is 1.77 bits per heavy atom. The quantitative estimate of drug-likeness (QED) is 0.189. The number of imide groups is 1. The maximum absolute atomic E-state index is 13.7. The highest BCUT2D eigenvalue weighted by Crippen LogP contribution is 2.53. The van der Waals surface area contributed by atoms with Crippen molar-refractivity contribution in [3.63, 3.8) is 0 Å². The zero-order valence-electron chi connectivity index (χ0n) is 37.3. The van der Waals surface area contributed by atoms with E-state index in [1.165, 1.54) is 41.0 Å². The average molecular weight is 906 g/mol. The number of carbonyl (C=O) groups excluding carboxylic acids is 4. The molecular weight excluding hydrogens is 848 g/mol. The van der Waals surface area contributed by atoms with Crippen molar-refractivity contribution in [3.05, 3.63) is 69.8 Å². The molecule has 0 radical (unpaired) electrons. The summed E-state index contributed by atoms with van der Waals surface area (Å²) in [7, 11) is 3.56. The number of hydrogen-bond donors (Lipinski definition) is 3. The highest BCUT2D eigenvalue weighted by Gasteiger charge is 2.50. The Bertz CT molecular complexity index is 2580. The van der Waals surface area contributed by atoms with Gasteiger partial charge in [0.05, 0.1) is 40.4 Å². The summed E-state index contributed by atoms with van der Waals surface area (Å²) in [5, 5.41) is 14.1. The number of pyridine rings is 1. The SMILES string of the molecule is CNc1cc(N2CCc3c(CN4C[C@@H]5C[C@H]4CN5CC4CC5(CCN(C(=O)c6cc(N7CCC(=O)NC7=O)c(Cl)c(C)n6)CC5)C4)cccc32)nn2c(C(=O)N[C@@H]3CC[C@H]3OC)cnc12. The highest BCUT2D eigenvalue weighted by atomic mass is 35.5. The van der Waals surface area contributed by atoms with Gasteiger partial charge in [-0.25, -0.2) is 19.3 Å². The first-order chi connectivity index (χ1) is 31.5. The lowest BCUT2D eigenvalue weighted by atomic mass is 9.57. The molecule has 2 aliphatic carbocycles. The summed E-state index contributed by atoms with van der Waals surface area (Å²) in [5.41, 5.74) is 7.23. The second-order valence-electron chi connectivity index (χ2n) is 19.5. The van der Waals surface area contributed by atoms with Crippen LogP contribution in [0.2, 0.25) is 5.02 Å². The highest BCUT2D eigenvalue weighted by molar-refractivity contribution is 6.34. The van der Waals surface area contributed by atoms with Crippen LogP contribution in [0.15, 0.2) is 36.5 Å². The van der Waals surface area contributed by atoms with Crippen LogP contribution in [-0.2, 0) is 22.5 Å². The van der Waals surface area contributed by atoms with Crippen LogP contribution in [0.1, 0.15) is 89.2 Å². The maximum atomic E-state index is 13.7. The number of aromatic nitrogens is 4. The van der Waals surface area contributed by atoms with Gasteiger partial charge in [-0.3, -0.25) is 34.4 Å². The molecule has 17 nitrogen and oxygen atoms in total. The molecule has 4 saturated heterocycles. The van der Waals surface area contributed by atoms with Crippen LogP contribution in [0.25, 0.3) is 5.65 Å². The molecule has 2 bridgehead atoms. The van der Waals surface area contributed by atoms with Crippen LogP contribution in [0.4, 0.5) is 27.7 Å². The third-order valence-corrected chi connectivity index (χ3v) is 16.2. The topological polar surface area (TPSA) is 173 Å². The van der Waals surface area contributed by atoms with Gasteiger partial charge in [-0.05, 0) is 92.9 Å². The van der Waals surface area contributed by atoms with Gasteiger partial charge in [0, 0.05) is 96.8 Å². The van der Waals surface area contributed by atoms with Gasteiger partial charge in [0.2, 0.25) is 5.91 Å². The van der Waals surface area contributed by atoms with E-state index in [9.17, 15) is 19.2 Å². The van der Waals surface area contributed by atoms with E-state index in [1.54, 1.807) is 30.8 Å². The largest absolute Gasteiger partial charge is 0.385 e. The van der Waals surface area contributed by atoms with Crippen molar-refractivity contribution in [1.82, 2.24) is 44.9 Å². The van der Waals surface area contributed by atoms with E-state index in [4.69, 9.17) is 21.4 Å². The molecule has 7 aliphatic rings. The van der Waals surface area contributed by atoms with Crippen molar-refractivity contribution in [3.8, 4) is 0 Å². The second kappa shape index (κ2) is 16.5. The predicted octanol–water partition coefficient (Wildman–Crippen LogP) is 4.77. The van der Waals surface area contributed by atoms with Gasteiger partial charge < -0.3 is 25.2 Å². The summed E-state index contributed by atoms with van der Waals surface area (Å²) in [6.45, 7) is 8.44. The first-order valence-electron chi connectivity index (χ1n) is 23.3. The zero-order valence-corrected chi connectivity index (χ0v) is 38.1. The maximum Gasteiger partial charge on any atom is 0.328 e. The van der Waals surface area contributed by atoms with E-state index in [1.807, 2.05) is 18.0 Å². The molecule has 11 rings (SSSR count). The van der Waals surface area contributed by atoms with Crippen LogP contribution in [0.5, 0.6) is 0 Å². The second-order valence-corrected chi connectivity index (χ2v) is 19.8. The number of piperazine rings is 1. The van der Waals surface area contributed by atoms with E-state index in [0.717, 1.165) is 76.3 Å². The molecule has 4 aromatic rings. The number of amides is 5. The van der Waals surface area contributed by atoms with Crippen molar-refractivity contribution in [2.45, 2.75) is 95.5 Å². The van der Waals surface area contributed by atoms with Crippen LogP contribution in [0.3, 0.4) is 0 Å². The van der Waals surface area contributed by atoms with Crippen molar-refractivity contribution >= 4 is 63.9 Å². The minimum absolute atomic E-state index is 0.00804. The smallest absolute Gasteiger partial charge is 0.328 e. The van der Waals surface area contributed by atoms with Gasteiger partial charge in [-0.15, -0.1) is 5.10 Å². The molecule has 18 heteroatoms. The van der Waals surface area contributed by atoms with Crippen LogP contribution < -0.4 is 25.8 Å². The minimum atomic E-state index is -0.540. The molecule has 2 saturated carbocycles. The van der Waals surface area contributed by atoms with Crippen LogP contribution in [0, 0.1) is 18.3 Å². The molecule has 1 aromatic carbocycles. The van der Waals surface area contributed by atoms with Gasteiger partial charge in [0.15, 0.2) is 17.2 Å². The van der Waals surface area contributed by atoms with Crippen molar-refractivity contribution < 1.29 is 23.9 Å². The monoisotopic (exact) mass is 904 g/mol. The van der Waals surface area contributed by atoms with E-state index >= 15 is 0 Å². The molecule has 3 aromatic heterocycles. The number of fused-ring (bicyclic) bond motifs is 4. The number of urea groups is 1. The molecule has 1 spiro atoms. The third kappa shape index (κ3) is 7.48. The summed E-state index contributed by atoms with van der Waals surface area (Å²) < 4.78 is 7.18. The molecule has 4 atom stereocenters. The normalized spacial score (nSPS) is 25.3. The lowest BCUT2D eigenvalue weighted by Crippen LogP contribution is -2.53. The number of piperidine rings is 1. The number of methoxy groups -OCH3 is 1. The van der Waals surface area contributed by atoms with E-state index in [-0.39, 0.29) is 48.5 Å². The van der Waals surface area contributed by atoms with Gasteiger partial charge in [0.25, 0.3) is 11.8 Å². The van der Waals surface area contributed by atoms with E-state index < -0.39 is 6.03 Å². The summed E-state index contributed by atoms with van der Waals surface area (Å²) in [6.07, 6.45) is 10.2. The number of ether oxygens (including phenoxy) is 1. The lowest BCUT2D eigenvalue weighted by molar-refractivity contribution is -0.120. The summed E-state index contributed by atoms with van der Waals surface area (Å²) in [6, 6.07) is 10.9. The number of anilines is 4. The Morgan fingerprint density at radius 1 is 0.985 bits per heavy atom. The number of imidazole rings is 1. The summed E-state index contributed by atoms with van der Waals surface area (Å²) >= 11 is 6.56. The fourth-order valence-corrected chi connectivity index (χ4v) is 12.3. The van der Waals surface area contributed by atoms with E-state index in [2.05, 4.69) is 58.8 Å². The number of nitrogens with one attached hydrogen (secondary N) is 3. The summed E-state index contributed by atoms with van der Waals surface area (Å²) in [4.78, 5) is 71.6. The Hall–Kier alpha value is -5.36. The number of likely N-dealkylation sites (tertiary alicyclic amines) is 3.